The molecule has 0 bridgehead atoms. The predicted octanol–water partition coefficient (Wildman–Crippen LogP) is 4.02. The van der Waals surface area contributed by atoms with Crippen molar-refractivity contribution in [3.05, 3.63) is 70.5 Å². The third-order valence-electron chi connectivity index (χ3n) is 4.05. The van der Waals surface area contributed by atoms with E-state index in [0.717, 1.165) is 25.1 Å². The van der Waals surface area contributed by atoms with Crippen molar-refractivity contribution >= 4 is 11.6 Å². The Kier molecular flexibility index (Phi) is 4.04. The maximum absolute atomic E-state index is 13.3. The third kappa shape index (κ3) is 2.87. The van der Waals surface area contributed by atoms with Crippen molar-refractivity contribution in [3.63, 3.8) is 0 Å². The van der Waals surface area contributed by atoms with Crippen LogP contribution in [0.2, 0.25) is 5.02 Å². The summed E-state index contributed by atoms with van der Waals surface area (Å²) in [6.45, 7) is 1.92. The molecule has 1 saturated heterocycles. The minimum absolute atomic E-state index is 0.216. The third-order valence-corrected chi connectivity index (χ3v) is 4.34. The van der Waals surface area contributed by atoms with E-state index in [2.05, 4.69) is 29.6 Å². The first-order valence-corrected chi connectivity index (χ1v) is 7.31. The van der Waals surface area contributed by atoms with Gasteiger partial charge in [-0.15, -0.1) is 0 Å². The van der Waals surface area contributed by atoms with Gasteiger partial charge in [-0.1, -0.05) is 48.0 Å². The van der Waals surface area contributed by atoms with Crippen molar-refractivity contribution in [3.8, 4) is 0 Å². The van der Waals surface area contributed by atoms with Crippen LogP contribution in [0, 0.1) is 11.7 Å². The van der Waals surface area contributed by atoms with Gasteiger partial charge < -0.3 is 5.32 Å². The fourth-order valence-electron chi connectivity index (χ4n) is 3.00. The van der Waals surface area contributed by atoms with Gasteiger partial charge in [0.15, 0.2) is 0 Å². The lowest BCUT2D eigenvalue weighted by Gasteiger charge is -2.19. The van der Waals surface area contributed by atoms with E-state index in [9.17, 15) is 4.39 Å². The van der Waals surface area contributed by atoms with Gasteiger partial charge in [0.25, 0.3) is 0 Å². The number of rotatable bonds is 3. The molecule has 1 N–H and O–H groups in total. The van der Waals surface area contributed by atoms with Gasteiger partial charge >= 0.3 is 0 Å². The highest BCUT2D eigenvalue weighted by atomic mass is 35.5. The molecule has 0 aliphatic carbocycles. The van der Waals surface area contributed by atoms with Gasteiger partial charge in [-0.3, -0.25) is 0 Å². The van der Waals surface area contributed by atoms with Crippen molar-refractivity contribution in [2.45, 2.75) is 12.3 Å². The van der Waals surface area contributed by atoms with Crippen molar-refractivity contribution < 1.29 is 4.39 Å². The summed E-state index contributed by atoms with van der Waals surface area (Å²) in [7, 11) is 0. The minimum Gasteiger partial charge on any atom is -0.316 e. The van der Waals surface area contributed by atoms with E-state index in [-0.39, 0.29) is 10.8 Å². The van der Waals surface area contributed by atoms with Crippen molar-refractivity contribution in [2.24, 2.45) is 5.92 Å². The number of nitrogens with one attached hydrogen (secondary N) is 1. The van der Waals surface area contributed by atoms with Gasteiger partial charge in [0.1, 0.15) is 5.82 Å². The van der Waals surface area contributed by atoms with E-state index in [1.165, 1.54) is 11.6 Å². The standard InChI is InChI=1S/C17H17ClFN/c18-16-9-13(6-7-17(16)19)15-11-20-10-14(15)8-12-4-2-1-3-5-12/h1-7,9,14-15,20H,8,10-11H2/t14?,15-/m1/s1. The maximum atomic E-state index is 13.3. The van der Waals surface area contributed by atoms with Crippen LogP contribution in [0.5, 0.6) is 0 Å². The smallest absolute Gasteiger partial charge is 0.141 e. The first-order valence-electron chi connectivity index (χ1n) is 6.93. The molecule has 1 unspecified atom stereocenters. The van der Waals surface area contributed by atoms with Crippen LogP contribution in [0.4, 0.5) is 4.39 Å². The first-order chi connectivity index (χ1) is 9.74. The molecule has 1 nitrogen and oxygen atoms in total. The van der Waals surface area contributed by atoms with Gasteiger partial charge in [0.05, 0.1) is 5.02 Å². The minimum atomic E-state index is -0.346. The molecule has 2 aromatic rings. The lowest BCUT2D eigenvalue weighted by molar-refractivity contribution is 0.515. The molecule has 0 spiro atoms. The Labute approximate surface area is 123 Å². The van der Waals surface area contributed by atoms with Crippen LogP contribution in [0.1, 0.15) is 17.0 Å². The van der Waals surface area contributed by atoms with Crippen LogP contribution in [0.15, 0.2) is 48.5 Å². The Balaban J connectivity index is 1.80. The Hall–Kier alpha value is -1.38. The molecule has 2 atom stereocenters. The Morgan fingerprint density at radius 3 is 2.65 bits per heavy atom. The lowest BCUT2D eigenvalue weighted by atomic mass is 9.85. The summed E-state index contributed by atoms with van der Waals surface area (Å²) < 4.78 is 13.3. The Morgan fingerprint density at radius 2 is 1.90 bits per heavy atom. The topological polar surface area (TPSA) is 12.0 Å². The molecule has 3 rings (SSSR count). The van der Waals surface area contributed by atoms with Crippen LogP contribution >= 0.6 is 11.6 Å². The highest BCUT2D eigenvalue weighted by Gasteiger charge is 2.28. The Bertz CT molecular complexity index is 585. The molecule has 0 amide bonds. The van der Waals surface area contributed by atoms with Crippen molar-refractivity contribution in [2.75, 3.05) is 13.1 Å². The molecule has 0 radical (unpaired) electrons. The molecule has 1 fully saturated rings. The van der Waals surface area contributed by atoms with Crippen molar-refractivity contribution in [1.82, 2.24) is 5.32 Å². The number of hydrogen-bond acceptors (Lipinski definition) is 1. The van der Waals surface area contributed by atoms with E-state index < -0.39 is 0 Å². The molecule has 3 heteroatoms. The quantitative estimate of drug-likeness (QED) is 0.900. The van der Waals surface area contributed by atoms with Crippen LogP contribution < -0.4 is 5.32 Å². The highest BCUT2D eigenvalue weighted by molar-refractivity contribution is 6.30. The first kappa shape index (κ1) is 13.6. The summed E-state index contributed by atoms with van der Waals surface area (Å²) in [5.41, 5.74) is 2.47. The zero-order valence-electron chi connectivity index (χ0n) is 11.2. The zero-order chi connectivity index (χ0) is 13.9. The summed E-state index contributed by atoms with van der Waals surface area (Å²) in [5.74, 6) is 0.577. The summed E-state index contributed by atoms with van der Waals surface area (Å²) in [6, 6.07) is 15.6. The molecule has 104 valence electrons. The molecule has 0 saturated carbocycles. The Morgan fingerprint density at radius 1 is 1.10 bits per heavy atom. The summed E-state index contributed by atoms with van der Waals surface area (Å²) in [5, 5.41) is 3.65. The molecule has 1 aliphatic rings. The molecular weight excluding hydrogens is 273 g/mol. The average molecular weight is 290 g/mol. The van der Waals surface area contributed by atoms with E-state index in [1.54, 1.807) is 6.07 Å². The van der Waals surface area contributed by atoms with Crippen LogP contribution in [0.3, 0.4) is 0 Å². The fraction of sp³-hybridized carbons (Fsp3) is 0.294. The molecule has 1 aliphatic heterocycles. The average Bonchev–Trinajstić information content (AvgIpc) is 2.91. The second-order valence-electron chi connectivity index (χ2n) is 5.39. The largest absolute Gasteiger partial charge is 0.316 e. The number of halogens is 2. The van der Waals surface area contributed by atoms with E-state index in [0.29, 0.717) is 11.8 Å². The molecular formula is C17H17ClFN. The van der Waals surface area contributed by atoms with Gasteiger partial charge in [0.2, 0.25) is 0 Å². The normalized spacial score (nSPS) is 22.1. The molecule has 20 heavy (non-hydrogen) atoms. The summed E-state index contributed by atoms with van der Waals surface area (Å²) >= 11 is 5.90. The molecule has 1 heterocycles. The van der Waals surface area contributed by atoms with Crippen LogP contribution in [-0.2, 0) is 6.42 Å². The lowest BCUT2D eigenvalue weighted by Crippen LogP contribution is -2.14. The molecule has 0 aromatic heterocycles. The van der Waals surface area contributed by atoms with Gasteiger partial charge in [-0.05, 0) is 42.1 Å². The monoisotopic (exact) mass is 289 g/mol. The van der Waals surface area contributed by atoms with E-state index in [1.807, 2.05) is 12.1 Å². The summed E-state index contributed by atoms with van der Waals surface area (Å²) in [6.07, 6.45) is 1.04. The SMILES string of the molecule is Fc1ccc([C@H]2CNCC2Cc2ccccc2)cc1Cl. The van der Waals surface area contributed by atoms with E-state index in [4.69, 9.17) is 11.6 Å². The predicted molar refractivity (Wildman–Crippen MR) is 80.7 cm³/mol. The fourth-order valence-corrected chi connectivity index (χ4v) is 3.19. The van der Waals surface area contributed by atoms with Gasteiger partial charge in [0, 0.05) is 12.5 Å². The van der Waals surface area contributed by atoms with Crippen LogP contribution in [0.25, 0.3) is 0 Å². The number of hydrogen-bond donors (Lipinski definition) is 1. The second-order valence-corrected chi connectivity index (χ2v) is 5.80. The van der Waals surface area contributed by atoms with Gasteiger partial charge in [-0.2, -0.15) is 0 Å². The van der Waals surface area contributed by atoms with Gasteiger partial charge in [-0.25, -0.2) is 4.39 Å². The second kappa shape index (κ2) is 5.94. The highest BCUT2D eigenvalue weighted by Crippen LogP contribution is 2.32. The summed E-state index contributed by atoms with van der Waals surface area (Å²) in [4.78, 5) is 0. The maximum Gasteiger partial charge on any atom is 0.141 e. The van der Waals surface area contributed by atoms with E-state index >= 15 is 0 Å². The number of benzene rings is 2. The zero-order valence-corrected chi connectivity index (χ0v) is 11.9. The van der Waals surface area contributed by atoms with Crippen molar-refractivity contribution in [1.29, 1.82) is 0 Å². The van der Waals surface area contributed by atoms with Crippen LogP contribution in [-0.4, -0.2) is 13.1 Å². The molecule has 2 aromatic carbocycles.